The first-order valence-electron chi connectivity index (χ1n) is 6.69. The van der Waals surface area contributed by atoms with Gasteiger partial charge in [-0.05, 0) is 24.1 Å². The van der Waals surface area contributed by atoms with Crippen LogP contribution >= 0.6 is 0 Å². The highest BCUT2D eigenvalue weighted by Gasteiger charge is 2.11. The van der Waals surface area contributed by atoms with Crippen molar-refractivity contribution in [2.45, 2.75) is 19.3 Å². The molecule has 0 aromatic heterocycles. The fourth-order valence-corrected chi connectivity index (χ4v) is 2.13. The highest BCUT2D eigenvalue weighted by atomic mass is 16.1. The third-order valence-electron chi connectivity index (χ3n) is 3.31. The second-order valence-corrected chi connectivity index (χ2v) is 4.59. The molecule has 98 valence electrons. The highest BCUT2D eigenvalue weighted by Crippen LogP contribution is 2.18. The first kappa shape index (κ1) is 13.3. The lowest BCUT2D eigenvalue weighted by Crippen LogP contribution is -2.28. The molecule has 1 amide bonds. The fraction of sp³-hybridized carbons (Fsp3) is 0.235. The van der Waals surface area contributed by atoms with Gasteiger partial charge in [-0.1, -0.05) is 55.5 Å². The van der Waals surface area contributed by atoms with Crippen LogP contribution in [-0.2, 0) is 0 Å². The molecule has 0 saturated heterocycles. The first-order chi connectivity index (χ1) is 9.31. The molecular weight excluding hydrogens is 234 g/mol. The van der Waals surface area contributed by atoms with Gasteiger partial charge in [-0.25, -0.2) is 0 Å². The van der Waals surface area contributed by atoms with Gasteiger partial charge < -0.3 is 5.32 Å². The van der Waals surface area contributed by atoms with Crippen LogP contribution in [0.4, 0.5) is 0 Å². The van der Waals surface area contributed by atoms with Crippen molar-refractivity contribution in [2.75, 3.05) is 6.54 Å². The van der Waals surface area contributed by atoms with Gasteiger partial charge in [0.15, 0.2) is 0 Å². The second kappa shape index (κ2) is 6.74. The lowest BCUT2D eigenvalue weighted by Gasteiger charge is -2.16. The van der Waals surface area contributed by atoms with Crippen LogP contribution < -0.4 is 5.32 Å². The van der Waals surface area contributed by atoms with E-state index in [4.69, 9.17) is 0 Å². The maximum Gasteiger partial charge on any atom is 0.251 e. The Kier molecular flexibility index (Phi) is 4.73. The van der Waals surface area contributed by atoms with Crippen LogP contribution in [0.15, 0.2) is 60.7 Å². The van der Waals surface area contributed by atoms with Gasteiger partial charge in [0.1, 0.15) is 0 Å². The maximum absolute atomic E-state index is 12.0. The molecule has 19 heavy (non-hydrogen) atoms. The van der Waals surface area contributed by atoms with Crippen LogP contribution in [0.5, 0.6) is 0 Å². The van der Waals surface area contributed by atoms with E-state index >= 15 is 0 Å². The molecule has 0 fully saturated rings. The Morgan fingerprint density at radius 3 is 2.16 bits per heavy atom. The summed E-state index contributed by atoms with van der Waals surface area (Å²) in [5, 5.41) is 3.01. The summed E-state index contributed by atoms with van der Waals surface area (Å²) in [5.41, 5.74) is 1.99. The van der Waals surface area contributed by atoms with Gasteiger partial charge in [0.2, 0.25) is 0 Å². The number of benzene rings is 2. The van der Waals surface area contributed by atoms with E-state index in [1.54, 1.807) is 0 Å². The van der Waals surface area contributed by atoms with Crippen molar-refractivity contribution in [3.8, 4) is 0 Å². The van der Waals surface area contributed by atoms with Crippen molar-refractivity contribution in [3.05, 3.63) is 71.8 Å². The summed E-state index contributed by atoms with van der Waals surface area (Å²) in [6.07, 6.45) is 1.01. The van der Waals surface area contributed by atoms with Gasteiger partial charge in [0.05, 0.1) is 0 Å². The number of carbonyl (C=O) groups excluding carboxylic acids is 1. The van der Waals surface area contributed by atoms with Crippen LogP contribution in [0.3, 0.4) is 0 Å². The van der Waals surface area contributed by atoms with Crippen LogP contribution in [0.2, 0.25) is 0 Å². The first-order valence-corrected chi connectivity index (χ1v) is 6.69. The predicted octanol–water partition coefficient (Wildman–Crippen LogP) is 3.61. The quantitative estimate of drug-likeness (QED) is 0.866. The Morgan fingerprint density at radius 2 is 1.58 bits per heavy atom. The zero-order valence-corrected chi connectivity index (χ0v) is 11.2. The van der Waals surface area contributed by atoms with Crippen molar-refractivity contribution in [1.29, 1.82) is 0 Å². The minimum atomic E-state index is -0.00465. The second-order valence-electron chi connectivity index (χ2n) is 4.59. The van der Waals surface area contributed by atoms with Gasteiger partial charge in [-0.3, -0.25) is 4.79 Å². The molecule has 0 aliphatic rings. The maximum atomic E-state index is 12.0. The molecule has 2 rings (SSSR count). The van der Waals surface area contributed by atoms with E-state index in [0.29, 0.717) is 18.0 Å². The average Bonchev–Trinajstić information content (AvgIpc) is 2.49. The summed E-state index contributed by atoms with van der Waals surface area (Å²) >= 11 is 0. The number of nitrogens with one attached hydrogen (secondary N) is 1. The van der Waals surface area contributed by atoms with E-state index in [0.717, 1.165) is 6.42 Å². The fourth-order valence-electron chi connectivity index (χ4n) is 2.13. The molecule has 0 bridgehead atoms. The summed E-state index contributed by atoms with van der Waals surface area (Å²) < 4.78 is 0. The molecule has 0 spiro atoms. The Bertz CT molecular complexity index is 507. The summed E-state index contributed by atoms with van der Waals surface area (Å²) in [4.78, 5) is 12.0. The molecule has 2 aromatic carbocycles. The Hall–Kier alpha value is -2.09. The highest BCUT2D eigenvalue weighted by molar-refractivity contribution is 5.94. The molecule has 0 saturated carbocycles. The molecule has 0 aliphatic carbocycles. The van der Waals surface area contributed by atoms with Crippen molar-refractivity contribution in [1.82, 2.24) is 5.32 Å². The summed E-state index contributed by atoms with van der Waals surface area (Å²) in [6, 6.07) is 19.7. The van der Waals surface area contributed by atoms with E-state index in [1.807, 2.05) is 48.5 Å². The monoisotopic (exact) mass is 253 g/mol. The van der Waals surface area contributed by atoms with E-state index in [1.165, 1.54) is 5.56 Å². The predicted molar refractivity (Wildman–Crippen MR) is 78.2 cm³/mol. The SMILES string of the molecule is CC[C@H](CNC(=O)c1ccccc1)c1ccccc1. The Labute approximate surface area is 114 Å². The number of carbonyl (C=O) groups is 1. The van der Waals surface area contributed by atoms with Crippen molar-refractivity contribution in [3.63, 3.8) is 0 Å². The third kappa shape index (κ3) is 3.68. The van der Waals surface area contributed by atoms with E-state index < -0.39 is 0 Å². The molecule has 2 heteroatoms. The zero-order valence-electron chi connectivity index (χ0n) is 11.2. The molecule has 0 radical (unpaired) electrons. The number of amides is 1. The molecule has 0 unspecified atom stereocenters. The summed E-state index contributed by atoms with van der Waals surface area (Å²) in [6.45, 7) is 2.82. The van der Waals surface area contributed by atoms with Gasteiger partial charge in [0, 0.05) is 18.0 Å². The van der Waals surface area contributed by atoms with Crippen LogP contribution in [0, 0.1) is 0 Å². The molecule has 2 aromatic rings. The van der Waals surface area contributed by atoms with E-state index in [2.05, 4.69) is 24.4 Å². The zero-order chi connectivity index (χ0) is 13.5. The topological polar surface area (TPSA) is 29.1 Å². The lowest BCUT2D eigenvalue weighted by molar-refractivity contribution is 0.0951. The van der Waals surface area contributed by atoms with Gasteiger partial charge in [-0.2, -0.15) is 0 Å². The van der Waals surface area contributed by atoms with E-state index in [9.17, 15) is 4.79 Å². The molecule has 1 atom stereocenters. The number of hydrogen-bond donors (Lipinski definition) is 1. The number of hydrogen-bond acceptors (Lipinski definition) is 1. The molecule has 2 nitrogen and oxygen atoms in total. The molecular formula is C17H19NO. The van der Waals surface area contributed by atoms with Gasteiger partial charge >= 0.3 is 0 Å². The lowest BCUT2D eigenvalue weighted by atomic mass is 9.96. The third-order valence-corrected chi connectivity index (χ3v) is 3.31. The molecule has 0 aliphatic heterocycles. The van der Waals surface area contributed by atoms with Crippen LogP contribution in [0.1, 0.15) is 35.2 Å². The normalized spacial score (nSPS) is 11.8. The summed E-state index contributed by atoms with van der Waals surface area (Å²) in [7, 11) is 0. The largest absolute Gasteiger partial charge is 0.351 e. The standard InChI is InChI=1S/C17H19NO/c1-2-14(15-9-5-3-6-10-15)13-18-17(19)16-11-7-4-8-12-16/h3-12,14H,2,13H2,1H3,(H,18,19)/t14-/m1/s1. The minimum absolute atomic E-state index is 0.00465. The van der Waals surface area contributed by atoms with Crippen molar-refractivity contribution >= 4 is 5.91 Å². The van der Waals surface area contributed by atoms with Gasteiger partial charge in [-0.15, -0.1) is 0 Å². The average molecular weight is 253 g/mol. The Balaban J connectivity index is 1.96. The van der Waals surface area contributed by atoms with Crippen LogP contribution in [-0.4, -0.2) is 12.5 Å². The molecule has 0 heterocycles. The van der Waals surface area contributed by atoms with Gasteiger partial charge in [0.25, 0.3) is 5.91 Å². The minimum Gasteiger partial charge on any atom is -0.351 e. The smallest absolute Gasteiger partial charge is 0.251 e. The van der Waals surface area contributed by atoms with Crippen molar-refractivity contribution < 1.29 is 4.79 Å². The van der Waals surface area contributed by atoms with Crippen molar-refractivity contribution in [2.24, 2.45) is 0 Å². The number of rotatable bonds is 5. The molecule has 1 N–H and O–H groups in total. The summed E-state index contributed by atoms with van der Waals surface area (Å²) in [5.74, 6) is 0.365. The van der Waals surface area contributed by atoms with Crippen LogP contribution in [0.25, 0.3) is 0 Å². The van der Waals surface area contributed by atoms with E-state index in [-0.39, 0.29) is 5.91 Å². The Morgan fingerprint density at radius 1 is 1.00 bits per heavy atom.